The number of tetrazole rings is 1. The summed E-state index contributed by atoms with van der Waals surface area (Å²) in [5.74, 6) is 0.437. The molecule has 5 rings (SSSR count). The third-order valence-electron chi connectivity index (χ3n) is 5.70. The third-order valence-corrected chi connectivity index (χ3v) is 5.70. The van der Waals surface area contributed by atoms with Crippen molar-refractivity contribution >= 4 is 17.0 Å². The smallest absolute Gasteiger partial charge is 0.337 e. The zero-order valence-electron chi connectivity index (χ0n) is 18.1. The zero-order chi connectivity index (χ0) is 22.8. The molecule has 9 nitrogen and oxygen atoms in total. The summed E-state index contributed by atoms with van der Waals surface area (Å²) >= 11 is 0. The fourth-order valence-corrected chi connectivity index (χ4v) is 3.96. The number of aromatic amines is 2. The highest BCUT2D eigenvalue weighted by atomic mass is 16.4. The van der Waals surface area contributed by atoms with Crippen LogP contribution in [0.1, 0.15) is 47.1 Å². The van der Waals surface area contributed by atoms with Gasteiger partial charge >= 0.3 is 5.97 Å². The van der Waals surface area contributed by atoms with Crippen LogP contribution in [-0.2, 0) is 12.8 Å². The molecule has 0 amide bonds. The summed E-state index contributed by atoms with van der Waals surface area (Å²) in [6.07, 6.45) is 7.44. The summed E-state index contributed by atoms with van der Waals surface area (Å²) in [4.78, 5) is 19.7. The number of rotatable bonds is 8. The van der Waals surface area contributed by atoms with Gasteiger partial charge in [-0.05, 0) is 53.4 Å². The van der Waals surface area contributed by atoms with Crippen molar-refractivity contribution in [1.29, 1.82) is 0 Å². The maximum atomic E-state index is 11.7. The second-order valence-corrected chi connectivity index (χ2v) is 7.97. The van der Waals surface area contributed by atoms with Crippen LogP contribution in [0.15, 0.2) is 54.9 Å². The Labute approximate surface area is 189 Å². The summed E-state index contributed by atoms with van der Waals surface area (Å²) in [5, 5.41) is 23.7. The summed E-state index contributed by atoms with van der Waals surface area (Å²) < 4.78 is 2.00. The number of unbranched alkanes of at least 4 members (excludes halogenated alkanes) is 1. The van der Waals surface area contributed by atoms with Gasteiger partial charge in [-0.25, -0.2) is 9.78 Å². The predicted molar refractivity (Wildman–Crippen MR) is 123 cm³/mol. The first kappa shape index (κ1) is 20.6. The van der Waals surface area contributed by atoms with Crippen LogP contribution in [0, 0.1) is 0 Å². The zero-order valence-corrected chi connectivity index (χ0v) is 18.1. The molecule has 0 atom stereocenters. The highest BCUT2D eigenvalue weighted by Gasteiger charge is 2.16. The quantitative estimate of drug-likeness (QED) is 0.332. The number of carboxylic acids is 1. The lowest BCUT2D eigenvalue weighted by Crippen LogP contribution is -2.00. The number of imidazole rings is 1. The fourth-order valence-electron chi connectivity index (χ4n) is 3.96. The monoisotopic (exact) mass is 441 g/mol. The number of aryl methyl sites for hydroxylation is 1. The van der Waals surface area contributed by atoms with Crippen molar-refractivity contribution in [2.75, 3.05) is 0 Å². The van der Waals surface area contributed by atoms with Gasteiger partial charge in [-0.1, -0.05) is 31.5 Å². The third kappa shape index (κ3) is 4.12. The molecule has 166 valence electrons. The van der Waals surface area contributed by atoms with Crippen molar-refractivity contribution in [3.05, 3.63) is 77.4 Å². The summed E-state index contributed by atoms with van der Waals surface area (Å²) in [6.45, 7) is 2.13. The topological polar surface area (TPSA) is 125 Å². The van der Waals surface area contributed by atoms with Gasteiger partial charge in [0.05, 0.1) is 16.6 Å². The molecule has 0 radical (unpaired) electrons. The molecular weight excluding hydrogens is 418 g/mol. The molecule has 0 aliphatic carbocycles. The molecule has 0 saturated heterocycles. The number of hydrogen-bond donors (Lipinski definition) is 3. The first-order valence-electron chi connectivity index (χ1n) is 10.9. The minimum atomic E-state index is -0.950. The summed E-state index contributed by atoms with van der Waals surface area (Å²) in [6, 6.07) is 13.7. The molecule has 3 aromatic heterocycles. The van der Waals surface area contributed by atoms with E-state index >= 15 is 0 Å². The number of carboxylic acid groups (broad SMARTS) is 1. The number of hydrogen-bond acceptors (Lipinski definition) is 5. The van der Waals surface area contributed by atoms with Crippen LogP contribution in [0.4, 0.5) is 0 Å². The molecule has 5 aromatic rings. The van der Waals surface area contributed by atoms with Gasteiger partial charge in [-0.15, -0.1) is 10.2 Å². The van der Waals surface area contributed by atoms with Crippen LogP contribution in [0.3, 0.4) is 0 Å². The fraction of sp³-hybridized carbons (Fsp3) is 0.208. The number of carbonyl (C=O) groups is 1. The van der Waals surface area contributed by atoms with Gasteiger partial charge in [0.1, 0.15) is 5.82 Å². The molecule has 0 unspecified atom stereocenters. The Morgan fingerprint density at radius 1 is 1.12 bits per heavy atom. The van der Waals surface area contributed by atoms with Gasteiger partial charge in [-0.3, -0.25) is 0 Å². The van der Waals surface area contributed by atoms with Crippen molar-refractivity contribution in [2.24, 2.45) is 0 Å². The highest BCUT2D eigenvalue weighted by molar-refractivity contribution is 6.02. The molecule has 9 heteroatoms. The number of nitrogens with zero attached hydrogens (tertiary/aromatic N) is 5. The maximum Gasteiger partial charge on any atom is 0.337 e. The first-order valence-corrected chi connectivity index (χ1v) is 10.9. The number of aromatic nitrogens is 7. The van der Waals surface area contributed by atoms with Gasteiger partial charge in [0.15, 0.2) is 0 Å². The Balaban J connectivity index is 1.41. The average Bonchev–Trinajstić information content (AvgIpc) is 3.58. The molecular formula is C24H23N7O2. The van der Waals surface area contributed by atoms with E-state index in [0.717, 1.165) is 53.0 Å². The summed E-state index contributed by atoms with van der Waals surface area (Å²) in [5.41, 5.74) is 5.61. The number of fused-ring (bicyclic) bond motifs is 1. The number of H-pyrrole nitrogens is 2. The van der Waals surface area contributed by atoms with Crippen molar-refractivity contribution < 1.29 is 9.90 Å². The van der Waals surface area contributed by atoms with Crippen LogP contribution in [0.25, 0.3) is 28.1 Å². The molecule has 0 spiro atoms. The minimum Gasteiger partial charge on any atom is -0.478 e. The van der Waals surface area contributed by atoms with Crippen LogP contribution >= 0.6 is 0 Å². The van der Waals surface area contributed by atoms with E-state index < -0.39 is 5.97 Å². The maximum absolute atomic E-state index is 11.7. The SMILES string of the molecule is CCCCc1nc2c(Cc3ccc(-n4ccc(-c5nn[nH]n5)c4)cc3)ccc(C(=O)O)c2[nH]1. The first-order chi connectivity index (χ1) is 16.1. The minimum absolute atomic E-state index is 0.254. The van der Waals surface area contributed by atoms with Gasteiger partial charge in [0.25, 0.3) is 0 Å². The van der Waals surface area contributed by atoms with Gasteiger partial charge in [0.2, 0.25) is 5.82 Å². The van der Waals surface area contributed by atoms with Crippen molar-refractivity contribution in [2.45, 2.75) is 32.6 Å². The van der Waals surface area contributed by atoms with E-state index in [1.807, 2.05) is 29.1 Å². The summed E-state index contributed by atoms with van der Waals surface area (Å²) in [7, 11) is 0. The second-order valence-electron chi connectivity index (χ2n) is 7.97. The van der Waals surface area contributed by atoms with Crippen LogP contribution < -0.4 is 0 Å². The van der Waals surface area contributed by atoms with Crippen LogP contribution in [0.5, 0.6) is 0 Å². The number of benzene rings is 2. The van der Waals surface area contributed by atoms with Gasteiger partial charge in [0, 0.05) is 30.1 Å². The molecule has 2 aromatic carbocycles. The van der Waals surface area contributed by atoms with E-state index in [1.54, 1.807) is 6.07 Å². The van der Waals surface area contributed by atoms with E-state index in [1.165, 1.54) is 0 Å². The molecule has 0 saturated carbocycles. The van der Waals surface area contributed by atoms with Crippen molar-refractivity contribution in [3.63, 3.8) is 0 Å². The van der Waals surface area contributed by atoms with E-state index in [9.17, 15) is 9.90 Å². The average molecular weight is 441 g/mol. The molecule has 33 heavy (non-hydrogen) atoms. The largest absolute Gasteiger partial charge is 0.478 e. The Kier molecular flexibility index (Phi) is 5.43. The lowest BCUT2D eigenvalue weighted by molar-refractivity contribution is 0.0699. The standard InChI is InChI=1S/C24H23N7O2/c1-2-3-4-20-25-21-16(7-10-19(24(32)33)22(21)26-20)13-15-5-8-18(9-6-15)31-12-11-17(14-31)23-27-29-30-28-23/h5-12,14H,2-4,13H2,1H3,(H,25,26)(H,32,33)(H,27,28,29,30). The van der Waals surface area contributed by atoms with Crippen LogP contribution in [0.2, 0.25) is 0 Å². The lowest BCUT2D eigenvalue weighted by Gasteiger charge is -2.07. The molecule has 3 N–H and O–H groups in total. The van der Waals surface area contributed by atoms with Crippen LogP contribution in [-0.4, -0.2) is 46.2 Å². The normalized spacial score (nSPS) is 11.3. The molecule has 3 heterocycles. The highest BCUT2D eigenvalue weighted by Crippen LogP contribution is 2.25. The predicted octanol–water partition coefficient (Wildman–Crippen LogP) is 4.17. The molecule has 0 aliphatic heterocycles. The molecule has 0 aliphatic rings. The number of aromatic carboxylic acids is 1. The Bertz CT molecular complexity index is 1400. The Hall–Kier alpha value is -4.27. The molecule has 0 fully saturated rings. The van der Waals surface area contributed by atoms with E-state index in [4.69, 9.17) is 4.98 Å². The number of nitrogens with one attached hydrogen (secondary N) is 2. The lowest BCUT2D eigenvalue weighted by atomic mass is 10.0. The van der Waals surface area contributed by atoms with E-state index in [2.05, 4.69) is 56.8 Å². The Morgan fingerprint density at radius 2 is 1.97 bits per heavy atom. The van der Waals surface area contributed by atoms with Gasteiger partial charge < -0.3 is 14.7 Å². The van der Waals surface area contributed by atoms with Gasteiger partial charge in [-0.2, -0.15) is 5.21 Å². The van der Waals surface area contributed by atoms with Crippen molar-refractivity contribution in [3.8, 4) is 17.1 Å². The second kappa shape index (κ2) is 8.70. The van der Waals surface area contributed by atoms with Crippen molar-refractivity contribution in [1.82, 2.24) is 35.2 Å². The Morgan fingerprint density at radius 3 is 2.70 bits per heavy atom. The van der Waals surface area contributed by atoms with E-state index in [-0.39, 0.29) is 5.56 Å². The van der Waals surface area contributed by atoms with E-state index in [0.29, 0.717) is 17.8 Å². The molecule has 0 bridgehead atoms.